The summed E-state index contributed by atoms with van der Waals surface area (Å²) in [7, 11) is 0. The molecule has 0 unspecified atom stereocenters. The summed E-state index contributed by atoms with van der Waals surface area (Å²) in [4.78, 5) is 14.7. The molecule has 98 valence electrons. The Morgan fingerprint density at radius 1 is 1.25 bits per heavy atom. The number of thiol groups is 1. The van der Waals surface area contributed by atoms with Crippen molar-refractivity contribution < 1.29 is 4.79 Å². The molecule has 1 amide bonds. The van der Waals surface area contributed by atoms with Crippen LogP contribution >= 0.6 is 12.6 Å². The fraction of sp³-hybridized carbons (Fsp3) is 0.125. The normalized spacial score (nSPS) is 13.2. The van der Waals surface area contributed by atoms with E-state index in [0.717, 1.165) is 11.1 Å². The van der Waals surface area contributed by atoms with Gasteiger partial charge in [-0.15, -0.1) is 12.6 Å². The first-order valence-corrected chi connectivity index (χ1v) is 6.73. The van der Waals surface area contributed by atoms with Crippen molar-refractivity contribution in [3.8, 4) is 6.07 Å². The molecule has 1 aliphatic rings. The molecule has 0 bridgehead atoms. The lowest BCUT2D eigenvalue weighted by atomic mass is 10.1. The van der Waals surface area contributed by atoms with Gasteiger partial charge in [-0.2, -0.15) is 5.26 Å². The lowest BCUT2D eigenvalue weighted by Gasteiger charge is -2.15. The Morgan fingerprint density at radius 2 is 2.00 bits per heavy atom. The van der Waals surface area contributed by atoms with Gasteiger partial charge in [0, 0.05) is 23.5 Å². The zero-order valence-corrected chi connectivity index (χ0v) is 11.6. The number of rotatable bonds is 2. The van der Waals surface area contributed by atoms with Crippen LogP contribution in [0.2, 0.25) is 0 Å². The fourth-order valence-electron chi connectivity index (χ4n) is 2.43. The average Bonchev–Trinajstić information content (AvgIpc) is 2.76. The number of nitrogens with zero attached hydrogens (tertiary/aromatic N) is 2. The Labute approximate surface area is 122 Å². The summed E-state index contributed by atoms with van der Waals surface area (Å²) in [6.45, 7) is 1.13. The lowest BCUT2D eigenvalue weighted by molar-refractivity contribution is 0.0766. The van der Waals surface area contributed by atoms with E-state index in [1.54, 1.807) is 17.0 Å². The van der Waals surface area contributed by atoms with Crippen LogP contribution in [0.25, 0.3) is 0 Å². The van der Waals surface area contributed by atoms with Crippen molar-refractivity contribution in [3.63, 3.8) is 0 Å². The van der Waals surface area contributed by atoms with Gasteiger partial charge in [-0.05, 0) is 23.3 Å². The molecule has 1 aliphatic heterocycles. The highest BCUT2D eigenvalue weighted by atomic mass is 32.1. The van der Waals surface area contributed by atoms with E-state index in [2.05, 4.69) is 18.7 Å². The number of carbonyl (C=O) groups is 1. The summed E-state index contributed by atoms with van der Waals surface area (Å²) in [5.41, 5.74) is 3.17. The molecule has 2 aromatic rings. The molecule has 0 radical (unpaired) electrons. The van der Waals surface area contributed by atoms with Gasteiger partial charge in [-0.1, -0.05) is 30.3 Å². The zero-order chi connectivity index (χ0) is 14.1. The van der Waals surface area contributed by atoms with Crippen LogP contribution < -0.4 is 0 Å². The van der Waals surface area contributed by atoms with Crippen LogP contribution in [-0.2, 0) is 13.1 Å². The second kappa shape index (κ2) is 5.03. The molecular weight excluding hydrogens is 268 g/mol. The third kappa shape index (κ3) is 2.17. The van der Waals surface area contributed by atoms with E-state index in [4.69, 9.17) is 5.26 Å². The second-order valence-corrected chi connectivity index (χ2v) is 5.27. The second-order valence-electron chi connectivity index (χ2n) is 4.79. The molecule has 4 heteroatoms. The zero-order valence-electron chi connectivity index (χ0n) is 10.7. The third-order valence-electron chi connectivity index (χ3n) is 3.44. The first kappa shape index (κ1) is 12.8. The van der Waals surface area contributed by atoms with E-state index in [1.165, 1.54) is 0 Å². The van der Waals surface area contributed by atoms with Gasteiger partial charge >= 0.3 is 0 Å². The van der Waals surface area contributed by atoms with Crippen molar-refractivity contribution in [1.82, 2.24) is 4.90 Å². The van der Waals surface area contributed by atoms with Crippen molar-refractivity contribution >= 4 is 18.5 Å². The molecule has 0 N–H and O–H groups in total. The van der Waals surface area contributed by atoms with Crippen LogP contribution in [0.1, 0.15) is 27.0 Å². The number of benzene rings is 2. The van der Waals surface area contributed by atoms with Crippen molar-refractivity contribution in [1.29, 1.82) is 5.26 Å². The van der Waals surface area contributed by atoms with Crippen molar-refractivity contribution in [2.24, 2.45) is 0 Å². The van der Waals surface area contributed by atoms with E-state index < -0.39 is 0 Å². The van der Waals surface area contributed by atoms with Crippen LogP contribution in [-0.4, -0.2) is 10.8 Å². The quantitative estimate of drug-likeness (QED) is 0.859. The Kier molecular flexibility index (Phi) is 3.21. The largest absolute Gasteiger partial charge is 0.330 e. The molecule has 20 heavy (non-hydrogen) atoms. The SMILES string of the molecule is N#Cc1cc2c(cc1S)C(=O)N(Cc1ccccc1)C2. The first-order chi connectivity index (χ1) is 9.69. The summed E-state index contributed by atoms with van der Waals surface area (Å²) in [6, 6.07) is 15.4. The Morgan fingerprint density at radius 3 is 2.70 bits per heavy atom. The Bertz CT molecular complexity index is 719. The summed E-state index contributed by atoms with van der Waals surface area (Å²) in [5.74, 6) is 0.00337. The van der Waals surface area contributed by atoms with Crippen LogP contribution in [0, 0.1) is 11.3 Å². The van der Waals surface area contributed by atoms with Gasteiger partial charge in [-0.25, -0.2) is 0 Å². The molecule has 3 rings (SSSR count). The number of fused-ring (bicyclic) bond motifs is 1. The minimum absolute atomic E-state index is 0.00337. The van der Waals surface area contributed by atoms with E-state index in [1.807, 2.05) is 30.3 Å². The third-order valence-corrected chi connectivity index (χ3v) is 3.81. The van der Waals surface area contributed by atoms with Crippen molar-refractivity contribution in [3.05, 3.63) is 64.7 Å². The molecule has 2 aromatic carbocycles. The van der Waals surface area contributed by atoms with Crippen LogP contribution in [0.15, 0.2) is 47.4 Å². The number of hydrogen-bond acceptors (Lipinski definition) is 3. The maximum Gasteiger partial charge on any atom is 0.254 e. The highest BCUT2D eigenvalue weighted by molar-refractivity contribution is 7.80. The van der Waals surface area contributed by atoms with E-state index >= 15 is 0 Å². The minimum atomic E-state index is 0.00337. The molecular formula is C16H12N2OS. The molecule has 0 saturated heterocycles. The number of nitriles is 1. The first-order valence-electron chi connectivity index (χ1n) is 6.28. The summed E-state index contributed by atoms with van der Waals surface area (Å²) < 4.78 is 0. The highest BCUT2D eigenvalue weighted by Crippen LogP contribution is 2.28. The molecule has 0 saturated carbocycles. The molecule has 1 heterocycles. The van der Waals surface area contributed by atoms with Crippen LogP contribution in [0.3, 0.4) is 0 Å². The maximum atomic E-state index is 12.4. The van der Waals surface area contributed by atoms with Crippen LogP contribution in [0.4, 0.5) is 0 Å². The molecule has 0 atom stereocenters. The average molecular weight is 280 g/mol. The number of carbonyl (C=O) groups excluding carboxylic acids is 1. The van der Waals surface area contributed by atoms with E-state index in [9.17, 15) is 4.79 Å². The smallest absolute Gasteiger partial charge is 0.254 e. The minimum Gasteiger partial charge on any atom is -0.330 e. The van der Waals surface area contributed by atoms with Crippen molar-refractivity contribution in [2.75, 3.05) is 0 Å². The van der Waals surface area contributed by atoms with Gasteiger partial charge < -0.3 is 4.90 Å². The van der Waals surface area contributed by atoms with Gasteiger partial charge in [0.25, 0.3) is 5.91 Å². The Hall–Kier alpha value is -2.25. The topological polar surface area (TPSA) is 44.1 Å². The molecule has 0 aromatic heterocycles. The predicted octanol–water partition coefficient (Wildman–Crippen LogP) is 3.00. The highest BCUT2D eigenvalue weighted by Gasteiger charge is 2.28. The maximum absolute atomic E-state index is 12.4. The van der Waals surface area contributed by atoms with Gasteiger partial charge in [0.05, 0.1) is 5.56 Å². The summed E-state index contributed by atoms with van der Waals surface area (Å²) in [5, 5.41) is 9.02. The summed E-state index contributed by atoms with van der Waals surface area (Å²) >= 11 is 4.25. The number of hydrogen-bond donors (Lipinski definition) is 1. The predicted molar refractivity (Wildman–Crippen MR) is 78.4 cm³/mol. The molecule has 3 nitrogen and oxygen atoms in total. The lowest BCUT2D eigenvalue weighted by Crippen LogP contribution is -2.23. The molecule has 0 spiro atoms. The van der Waals surface area contributed by atoms with Gasteiger partial charge in [-0.3, -0.25) is 4.79 Å². The molecule has 0 fully saturated rings. The number of amides is 1. The summed E-state index contributed by atoms with van der Waals surface area (Å²) in [6.07, 6.45) is 0. The molecule has 0 aliphatic carbocycles. The van der Waals surface area contributed by atoms with E-state index in [-0.39, 0.29) is 5.91 Å². The van der Waals surface area contributed by atoms with Gasteiger partial charge in [0.2, 0.25) is 0 Å². The Balaban J connectivity index is 1.89. The van der Waals surface area contributed by atoms with E-state index in [0.29, 0.717) is 29.1 Å². The van der Waals surface area contributed by atoms with Gasteiger partial charge in [0.1, 0.15) is 6.07 Å². The standard InChI is InChI=1S/C16H12N2OS/c17-8-12-6-13-10-18(9-11-4-2-1-3-5-11)16(19)14(13)7-15(12)20/h1-7,20H,9-10H2. The van der Waals surface area contributed by atoms with Crippen LogP contribution in [0.5, 0.6) is 0 Å². The monoisotopic (exact) mass is 280 g/mol. The van der Waals surface area contributed by atoms with Gasteiger partial charge in [0.15, 0.2) is 0 Å². The fourth-order valence-corrected chi connectivity index (χ4v) is 2.68. The van der Waals surface area contributed by atoms with Crippen molar-refractivity contribution in [2.45, 2.75) is 18.0 Å².